The van der Waals surface area contributed by atoms with Crippen LogP contribution in [0.25, 0.3) is 0 Å². The monoisotopic (exact) mass is 297 g/mol. The van der Waals surface area contributed by atoms with E-state index in [1.807, 2.05) is 29.5 Å². The predicted molar refractivity (Wildman–Crippen MR) is 59.9 cm³/mol. The van der Waals surface area contributed by atoms with Crippen molar-refractivity contribution >= 4 is 40.0 Å². The Balaban J connectivity index is 3.05. The number of thioether (sulfide) groups is 1. The van der Waals surface area contributed by atoms with Gasteiger partial charge in [-0.15, -0.1) is 11.8 Å². The number of nitrogen functional groups attached to an aromatic ring is 1. The van der Waals surface area contributed by atoms with E-state index in [1.165, 1.54) is 6.07 Å². The van der Waals surface area contributed by atoms with Gasteiger partial charge in [-0.05, 0) is 40.5 Å². The second kappa shape index (κ2) is 4.32. The first-order valence-electron chi connectivity index (χ1n) is 3.52. The van der Waals surface area contributed by atoms with Crippen molar-refractivity contribution < 1.29 is 4.39 Å². The molecule has 0 radical (unpaired) electrons. The SMILES string of the molecule is CCSc1cc(F)c(I)cc1N. The quantitative estimate of drug-likeness (QED) is 0.515. The molecule has 12 heavy (non-hydrogen) atoms. The first kappa shape index (κ1) is 10.1. The third kappa shape index (κ3) is 2.26. The smallest absolute Gasteiger partial charge is 0.137 e. The highest BCUT2D eigenvalue weighted by Gasteiger charge is 2.04. The Kier molecular flexibility index (Phi) is 3.64. The van der Waals surface area contributed by atoms with Crippen LogP contribution in [0, 0.1) is 9.39 Å². The lowest BCUT2D eigenvalue weighted by molar-refractivity contribution is 0.617. The molecule has 66 valence electrons. The molecule has 4 heteroatoms. The molecule has 1 aromatic rings. The first-order chi connectivity index (χ1) is 5.65. The molecule has 0 saturated carbocycles. The summed E-state index contributed by atoms with van der Waals surface area (Å²) in [7, 11) is 0. The van der Waals surface area contributed by atoms with Gasteiger partial charge in [-0.3, -0.25) is 0 Å². The van der Waals surface area contributed by atoms with E-state index >= 15 is 0 Å². The average molecular weight is 297 g/mol. The van der Waals surface area contributed by atoms with Crippen LogP contribution < -0.4 is 5.73 Å². The summed E-state index contributed by atoms with van der Waals surface area (Å²) in [6.45, 7) is 2.01. The number of halogens is 2. The van der Waals surface area contributed by atoms with Crippen molar-refractivity contribution in [2.24, 2.45) is 0 Å². The van der Waals surface area contributed by atoms with Gasteiger partial charge in [0.05, 0.1) is 3.57 Å². The zero-order chi connectivity index (χ0) is 9.14. The fourth-order valence-electron chi connectivity index (χ4n) is 0.824. The Hall–Kier alpha value is 0.0300. The van der Waals surface area contributed by atoms with Crippen molar-refractivity contribution in [2.45, 2.75) is 11.8 Å². The summed E-state index contributed by atoms with van der Waals surface area (Å²) in [5, 5.41) is 0. The number of hydrogen-bond acceptors (Lipinski definition) is 2. The van der Waals surface area contributed by atoms with Crippen molar-refractivity contribution in [3.8, 4) is 0 Å². The van der Waals surface area contributed by atoms with Crippen LogP contribution in [0.2, 0.25) is 0 Å². The number of rotatable bonds is 2. The van der Waals surface area contributed by atoms with Gasteiger partial charge in [0.2, 0.25) is 0 Å². The van der Waals surface area contributed by atoms with Gasteiger partial charge < -0.3 is 5.73 Å². The summed E-state index contributed by atoms with van der Waals surface area (Å²) in [6, 6.07) is 3.15. The van der Waals surface area contributed by atoms with Gasteiger partial charge in [0.25, 0.3) is 0 Å². The lowest BCUT2D eigenvalue weighted by atomic mass is 10.3. The summed E-state index contributed by atoms with van der Waals surface area (Å²) in [4.78, 5) is 0.829. The van der Waals surface area contributed by atoms with Crippen molar-refractivity contribution in [2.75, 3.05) is 11.5 Å². The van der Waals surface area contributed by atoms with Crippen LogP contribution in [0.4, 0.5) is 10.1 Å². The summed E-state index contributed by atoms with van der Waals surface area (Å²) in [5.41, 5.74) is 6.34. The highest BCUT2D eigenvalue weighted by molar-refractivity contribution is 14.1. The molecule has 0 aliphatic carbocycles. The first-order valence-corrected chi connectivity index (χ1v) is 5.59. The van der Waals surface area contributed by atoms with Gasteiger partial charge in [-0.2, -0.15) is 0 Å². The van der Waals surface area contributed by atoms with Crippen LogP contribution in [-0.2, 0) is 0 Å². The van der Waals surface area contributed by atoms with Gasteiger partial charge in [0.1, 0.15) is 5.82 Å². The van der Waals surface area contributed by atoms with Gasteiger partial charge in [-0.25, -0.2) is 4.39 Å². The molecular weight excluding hydrogens is 288 g/mol. The molecule has 0 atom stereocenters. The van der Waals surface area contributed by atoms with E-state index in [-0.39, 0.29) is 5.82 Å². The fraction of sp³-hybridized carbons (Fsp3) is 0.250. The molecule has 0 aliphatic rings. The highest BCUT2D eigenvalue weighted by atomic mass is 127. The van der Waals surface area contributed by atoms with Crippen LogP contribution in [-0.4, -0.2) is 5.75 Å². The van der Waals surface area contributed by atoms with Crippen molar-refractivity contribution in [3.05, 3.63) is 21.5 Å². The second-order valence-electron chi connectivity index (χ2n) is 2.24. The van der Waals surface area contributed by atoms with Crippen LogP contribution in [0.3, 0.4) is 0 Å². The Bertz CT molecular complexity index is 291. The summed E-state index contributed by atoms with van der Waals surface area (Å²) in [6.07, 6.45) is 0. The number of hydrogen-bond donors (Lipinski definition) is 1. The minimum absolute atomic E-state index is 0.194. The van der Waals surface area contributed by atoms with E-state index < -0.39 is 0 Å². The third-order valence-corrected chi connectivity index (χ3v) is 3.13. The molecule has 0 fully saturated rings. The van der Waals surface area contributed by atoms with Gasteiger partial charge >= 0.3 is 0 Å². The molecule has 0 aliphatic heterocycles. The van der Waals surface area contributed by atoms with Gasteiger partial charge in [0, 0.05) is 10.6 Å². The molecule has 1 nitrogen and oxygen atoms in total. The largest absolute Gasteiger partial charge is 0.398 e. The minimum Gasteiger partial charge on any atom is -0.398 e. The van der Waals surface area contributed by atoms with Crippen molar-refractivity contribution in [1.82, 2.24) is 0 Å². The normalized spacial score (nSPS) is 10.2. The molecule has 0 spiro atoms. The molecule has 0 amide bonds. The fourth-order valence-corrected chi connectivity index (χ4v) is 2.04. The number of anilines is 1. The molecule has 0 unspecified atom stereocenters. The average Bonchev–Trinajstić information content (AvgIpc) is 2.01. The van der Waals surface area contributed by atoms with Gasteiger partial charge in [-0.1, -0.05) is 6.92 Å². The highest BCUT2D eigenvalue weighted by Crippen LogP contribution is 2.28. The van der Waals surface area contributed by atoms with E-state index in [1.54, 1.807) is 17.8 Å². The van der Waals surface area contributed by atoms with Crippen LogP contribution in [0.5, 0.6) is 0 Å². The molecule has 0 bridgehead atoms. The summed E-state index contributed by atoms with van der Waals surface area (Å²) >= 11 is 3.49. The maximum absolute atomic E-state index is 13.0. The molecule has 2 N–H and O–H groups in total. The summed E-state index contributed by atoms with van der Waals surface area (Å²) in [5.74, 6) is 0.713. The molecule has 1 aromatic carbocycles. The Labute approximate surface area is 89.1 Å². The molecule has 0 aromatic heterocycles. The Morgan fingerprint density at radius 2 is 2.25 bits per heavy atom. The van der Waals surface area contributed by atoms with E-state index in [2.05, 4.69) is 0 Å². The Morgan fingerprint density at radius 1 is 1.58 bits per heavy atom. The Morgan fingerprint density at radius 3 is 2.83 bits per heavy atom. The zero-order valence-corrected chi connectivity index (χ0v) is 9.58. The molecule has 0 saturated heterocycles. The van der Waals surface area contributed by atoms with Crippen LogP contribution in [0.15, 0.2) is 17.0 Å². The number of benzene rings is 1. The lowest BCUT2D eigenvalue weighted by Gasteiger charge is -2.04. The van der Waals surface area contributed by atoms with Crippen molar-refractivity contribution in [1.29, 1.82) is 0 Å². The van der Waals surface area contributed by atoms with E-state index in [9.17, 15) is 4.39 Å². The zero-order valence-electron chi connectivity index (χ0n) is 6.60. The van der Waals surface area contributed by atoms with Crippen LogP contribution >= 0.6 is 34.4 Å². The predicted octanol–water partition coefficient (Wildman–Crippen LogP) is 3.12. The lowest BCUT2D eigenvalue weighted by Crippen LogP contribution is -1.92. The second-order valence-corrected chi connectivity index (χ2v) is 4.71. The topological polar surface area (TPSA) is 26.0 Å². The molecule has 0 heterocycles. The molecular formula is C8H9FINS. The van der Waals surface area contributed by atoms with E-state index in [4.69, 9.17) is 5.73 Å². The minimum atomic E-state index is -0.194. The standard InChI is InChI=1S/C8H9FINS/c1-2-12-8-3-5(9)6(10)4-7(8)11/h3-4H,2,11H2,1H3. The molecule has 1 rings (SSSR count). The summed E-state index contributed by atoms with van der Waals surface area (Å²) < 4.78 is 13.6. The maximum atomic E-state index is 13.0. The van der Waals surface area contributed by atoms with E-state index in [0.717, 1.165) is 10.6 Å². The van der Waals surface area contributed by atoms with Crippen molar-refractivity contribution in [3.63, 3.8) is 0 Å². The number of nitrogens with two attached hydrogens (primary N) is 1. The third-order valence-electron chi connectivity index (χ3n) is 1.35. The van der Waals surface area contributed by atoms with Gasteiger partial charge in [0.15, 0.2) is 0 Å². The van der Waals surface area contributed by atoms with Crippen LogP contribution in [0.1, 0.15) is 6.92 Å². The maximum Gasteiger partial charge on any atom is 0.137 e. The van der Waals surface area contributed by atoms with E-state index in [0.29, 0.717) is 9.26 Å².